The van der Waals surface area contributed by atoms with Crippen LogP contribution in [0.2, 0.25) is 0 Å². The highest BCUT2D eigenvalue weighted by molar-refractivity contribution is 5.78. The lowest BCUT2D eigenvalue weighted by Gasteiger charge is -2.12. The molecule has 0 aliphatic heterocycles. The molecular weight excluding hydrogens is 232 g/mol. The van der Waals surface area contributed by atoms with Crippen LogP contribution in [-0.2, 0) is 14.3 Å². The number of rotatable bonds is 5. The molecule has 0 saturated carbocycles. The first kappa shape index (κ1) is 12.7. The number of nitrogens with zero attached hydrogens (tertiary/aromatic N) is 2. The van der Waals surface area contributed by atoms with Gasteiger partial charge < -0.3 is 14.9 Å². The number of aliphatic carboxylic acids is 2. The average molecular weight is 242 g/mol. The summed E-state index contributed by atoms with van der Waals surface area (Å²) in [5.41, 5.74) is 0. The molecule has 0 radical (unpaired) electrons. The fourth-order valence-electron chi connectivity index (χ4n) is 1.04. The van der Waals surface area contributed by atoms with Gasteiger partial charge in [0.25, 0.3) is 0 Å². The van der Waals surface area contributed by atoms with E-state index >= 15 is 0 Å². The zero-order valence-corrected chi connectivity index (χ0v) is 8.65. The van der Waals surface area contributed by atoms with Gasteiger partial charge in [-0.05, 0) is 0 Å². The molecule has 1 aromatic heterocycles. The lowest BCUT2D eigenvalue weighted by atomic mass is 10.2. The Balaban J connectivity index is 2.58. The van der Waals surface area contributed by atoms with Crippen molar-refractivity contribution in [1.82, 2.24) is 9.55 Å². The Kier molecular flexibility index (Phi) is 4.21. The molecule has 92 valence electrons. The van der Waals surface area contributed by atoms with Crippen LogP contribution in [-0.4, -0.2) is 43.9 Å². The summed E-state index contributed by atoms with van der Waals surface area (Å²) in [5, 5.41) is 17.2. The van der Waals surface area contributed by atoms with Gasteiger partial charge in [0.05, 0.1) is 0 Å². The summed E-state index contributed by atoms with van der Waals surface area (Å²) < 4.78 is 5.58. The van der Waals surface area contributed by atoms with E-state index in [1.807, 2.05) is 0 Å². The summed E-state index contributed by atoms with van der Waals surface area (Å²) in [5.74, 6) is -2.55. The molecule has 0 fully saturated rings. The molecule has 17 heavy (non-hydrogen) atoms. The second-order valence-electron chi connectivity index (χ2n) is 3.11. The molecular formula is C9H10N2O6. The van der Waals surface area contributed by atoms with Gasteiger partial charge >= 0.3 is 18.0 Å². The topological polar surface area (TPSA) is 119 Å². The summed E-state index contributed by atoms with van der Waals surface area (Å²) in [4.78, 5) is 36.0. The number of carbonyl (C=O) groups is 3. The van der Waals surface area contributed by atoms with Crippen molar-refractivity contribution in [1.29, 1.82) is 0 Å². The van der Waals surface area contributed by atoms with E-state index in [0.29, 0.717) is 0 Å². The van der Waals surface area contributed by atoms with Crippen molar-refractivity contribution in [2.75, 3.05) is 0 Å². The van der Waals surface area contributed by atoms with Crippen molar-refractivity contribution in [3.05, 3.63) is 18.7 Å². The maximum Gasteiger partial charge on any atom is 0.420 e. The zero-order valence-electron chi connectivity index (χ0n) is 8.65. The van der Waals surface area contributed by atoms with Crippen LogP contribution in [0.1, 0.15) is 12.8 Å². The Hall–Kier alpha value is -2.38. The summed E-state index contributed by atoms with van der Waals surface area (Å²) in [7, 11) is 0. The molecule has 0 amide bonds. The van der Waals surface area contributed by atoms with Gasteiger partial charge in [-0.25, -0.2) is 19.1 Å². The first-order valence-corrected chi connectivity index (χ1v) is 4.64. The fourth-order valence-corrected chi connectivity index (χ4v) is 1.04. The number of aromatic nitrogens is 2. The monoisotopic (exact) mass is 242 g/mol. The molecule has 2 N–H and O–H groups in total. The van der Waals surface area contributed by atoms with Crippen LogP contribution < -0.4 is 0 Å². The highest BCUT2D eigenvalue weighted by Crippen LogP contribution is 2.05. The molecule has 0 saturated heterocycles. The van der Waals surface area contributed by atoms with Crippen molar-refractivity contribution in [3.63, 3.8) is 0 Å². The third-order valence-corrected chi connectivity index (χ3v) is 1.85. The molecule has 1 rings (SSSR count). The fraction of sp³-hybridized carbons (Fsp3) is 0.333. The first-order chi connectivity index (χ1) is 8.00. The van der Waals surface area contributed by atoms with Gasteiger partial charge in [-0.15, -0.1) is 0 Å². The second-order valence-corrected chi connectivity index (χ2v) is 3.11. The van der Waals surface area contributed by atoms with E-state index in [4.69, 9.17) is 10.2 Å². The molecule has 8 nitrogen and oxygen atoms in total. The van der Waals surface area contributed by atoms with Crippen molar-refractivity contribution >= 4 is 18.0 Å². The zero-order chi connectivity index (χ0) is 12.8. The highest BCUT2D eigenvalue weighted by atomic mass is 16.6. The third kappa shape index (κ3) is 3.93. The van der Waals surface area contributed by atoms with Gasteiger partial charge in [0.2, 0.25) is 6.10 Å². The van der Waals surface area contributed by atoms with E-state index in [1.54, 1.807) is 0 Å². The molecule has 0 aliphatic carbocycles. The Bertz CT molecular complexity index is 413. The number of carboxylic acids is 2. The van der Waals surface area contributed by atoms with Crippen LogP contribution in [0.3, 0.4) is 0 Å². The Labute approximate surface area is 95.4 Å². The maximum atomic E-state index is 11.4. The van der Waals surface area contributed by atoms with Crippen molar-refractivity contribution in [2.24, 2.45) is 0 Å². The van der Waals surface area contributed by atoms with Gasteiger partial charge in [-0.1, -0.05) is 0 Å². The lowest BCUT2D eigenvalue weighted by molar-refractivity contribution is -0.148. The Morgan fingerprint density at radius 2 is 2.06 bits per heavy atom. The summed E-state index contributed by atoms with van der Waals surface area (Å²) in [6.45, 7) is 0. The molecule has 8 heteroatoms. The van der Waals surface area contributed by atoms with Gasteiger partial charge in [-0.2, -0.15) is 0 Å². The normalized spacial score (nSPS) is 11.8. The molecule has 1 heterocycles. The molecule has 0 bridgehead atoms. The minimum Gasteiger partial charge on any atom is -0.481 e. The van der Waals surface area contributed by atoms with E-state index in [1.165, 1.54) is 12.4 Å². The molecule has 1 aromatic rings. The van der Waals surface area contributed by atoms with Crippen LogP contribution in [0, 0.1) is 0 Å². The molecule has 1 unspecified atom stereocenters. The second kappa shape index (κ2) is 5.64. The average Bonchev–Trinajstić information content (AvgIpc) is 2.76. The quantitative estimate of drug-likeness (QED) is 0.756. The first-order valence-electron chi connectivity index (χ1n) is 4.64. The maximum absolute atomic E-state index is 11.4. The third-order valence-electron chi connectivity index (χ3n) is 1.85. The lowest BCUT2D eigenvalue weighted by Crippen LogP contribution is -2.29. The van der Waals surface area contributed by atoms with Crippen molar-refractivity contribution in [2.45, 2.75) is 18.9 Å². The van der Waals surface area contributed by atoms with Crippen LogP contribution in [0.15, 0.2) is 18.7 Å². The predicted octanol–water partition coefficient (Wildman–Crippen LogP) is 0.186. The van der Waals surface area contributed by atoms with Crippen molar-refractivity contribution in [3.8, 4) is 0 Å². The summed E-state index contributed by atoms with van der Waals surface area (Å²) in [6, 6.07) is 0. The van der Waals surface area contributed by atoms with Crippen LogP contribution in [0.4, 0.5) is 4.79 Å². The number of carboxylic acid groups (broad SMARTS) is 2. The van der Waals surface area contributed by atoms with Gasteiger partial charge in [0.15, 0.2) is 0 Å². The molecule has 0 aliphatic rings. The number of hydrogen-bond acceptors (Lipinski definition) is 5. The van der Waals surface area contributed by atoms with Crippen LogP contribution >= 0.6 is 0 Å². The minimum atomic E-state index is -1.49. The van der Waals surface area contributed by atoms with E-state index < -0.39 is 30.6 Å². The van der Waals surface area contributed by atoms with E-state index in [2.05, 4.69) is 9.72 Å². The molecule has 0 aromatic carbocycles. The van der Waals surface area contributed by atoms with E-state index in [-0.39, 0.29) is 6.42 Å². The Morgan fingerprint density at radius 1 is 1.35 bits per heavy atom. The van der Waals surface area contributed by atoms with Crippen molar-refractivity contribution < 1.29 is 29.3 Å². The Morgan fingerprint density at radius 3 is 2.53 bits per heavy atom. The van der Waals surface area contributed by atoms with Crippen LogP contribution in [0.25, 0.3) is 0 Å². The predicted molar refractivity (Wildman–Crippen MR) is 52.4 cm³/mol. The van der Waals surface area contributed by atoms with Gasteiger partial charge in [0.1, 0.15) is 6.33 Å². The van der Waals surface area contributed by atoms with Gasteiger partial charge in [0, 0.05) is 25.2 Å². The molecule has 0 spiro atoms. The van der Waals surface area contributed by atoms with E-state index in [0.717, 1.165) is 10.9 Å². The van der Waals surface area contributed by atoms with Crippen LogP contribution in [0.5, 0.6) is 0 Å². The summed E-state index contributed by atoms with van der Waals surface area (Å²) >= 11 is 0. The minimum absolute atomic E-state index is 0.287. The highest BCUT2D eigenvalue weighted by Gasteiger charge is 2.23. The number of imidazole rings is 1. The van der Waals surface area contributed by atoms with Gasteiger partial charge in [-0.3, -0.25) is 4.79 Å². The number of carbonyl (C=O) groups excluding carboxylic acids is 1. The largest absolute Gasteiger partial charge is 0.481 e. The van der Waals surface area contributed by atoms with E-state index in [9.17, 15) is 14.4 Å². The SMILES string of the molecule is O=C(O)CCC(OC(=O)n1ccnc1)C(=O)O. The standard InChI is InChI=1S/C9H10N2O6/c12-7(13)2-1-6(8(14)15)17-9(16)11-4-3-10-5-11/h3-6H,1-2H2,(H,12,13)(H,14,15). The number of hydrogen-bond donors (Lipinski definition) is 2. The summed E-state index contributed by atoms with van der Waals surface area (Å²) in [6.07, 6.45) is 0.686. The molecule has 1 atom stereocenters. The number of ether oxygens (including phenoxy) is 1. The smallest absolute Gasteiger partial charge is 0.420 e.